The SMILES string of the molecule is N#CC([NH3+])c1ccco1.N#Cc1nc(Br)cc(Br)c1O.O=Cc1ccco1.OO.[Cl-]. The molecule has 0 amide bonds. The molecular formula is C17H15Br2ClN4O6. The van der Waals surface area contributed by atoms with Crippen LogP contribution in [0.3, 0.4) is 0 Å². The molecule has 1 atom stereocenters. The highest BCUT2D eigenvalue weighted by molar-refractivity contribution is 9.11. The molecule has 0 aromatic carbocycles. The molecule has 0 saturated heterocycles. The van der Waals surface area contributed by atoms with Gasteiger partial charge in [0.25, 0.3) is 0 Å². The first kappa shape index (κ1) is 29.5. The molecule has 0 bridgehead atoms. The molecule has 0 aliphatic heterocycles. The van der Waals surface area contributed by atoms with Crippen molar-refractivity contribution in [1.29, 1.82) is 10.5 Å². The van der Waals surface area contributed by atoms with Gasteiger partial charge in [0.1, 0.15) is 16.7 Å². The maximum absolute atomic E-state index is 9.77. The third kappa shape index (κ3) is 10.7. The predicted octanol–water partition coefficient (Wildman–Crippen LogP) is 0.384. The first-order chi connectivity index (χ1) is 13.9. The van der Waals surface area contributed by atoms with Crippen LogP contribution in [0.1, 0.15) is 28.1 Å². The number of aldehydes is 1. The highest BCUT2D eigenvalue weighted by Crippen LogP contribution is 2.28. The van der Waals surface area contributed by atoms with Crippen LogP contribution in [0.15, 0.2) is 60.8 Å². The lowest BCUT2D eigenvalue weighted by Gasteiger charge is -1.97. The average Bonchev–Trinajstić information content (AvgIpc) is 3.46. The van der Waals surface area contributed by atoms with Gasteiger partial charge in [0, 0.05) is 0 Å². The Hall–Kier alpha value is -2.71. The number of nitrogens with zero attached hydrogens (tertiary/aromatic N) is 3. The Balaban J connectivity index is 0. The molecule has 0 aliphatic carbocycles. The number of pyridine rings is 1. The molecule has 0 fully saturated rings. The minimum atomic E-state index is -0.375. The van der Waals surface area contributed by atoms with E-state index in [2.05, 4.69) is 47.0 Å². The summed E-state index contributed by atoms with van der Waals surface area (Å²) in [5.74, 6) is 0.869. The van der Waals surface area contributed by atoms with Crippen molar-refractivity contribution in [3.8, 4) is 17.9 Å². The quantitative estimate of drug-likeness (QED) is 0.147. The number of carbonyl (C=O) groups excluding carboxylic acids is 1. The molecule has 0 spiro atoms. The van der Waals surface area contributed by atoms with E-state index in [1.165, 1.54) is 12.5 Å². The third-order valence-electron chi connectivity index (χ3n) is 2.72. The van der Waals surface area contributed by atoms with E-state index in [1.54, 1.807) is 36.4 Å². The minimum absolute atomic E-state index is 0. The van der Waals surface area contributed by atoms with Gasteiger partial charge < -0.3 is 32.1 Å². The van der Waals surface area contributed by atoms with Crippen molar-refractivity contribution < 1.29 is 47.4 Å². The molecule has 3 aromatic rings. The van der Waals surface area contributed by atoms with Crippen molar-refractivity contribution in [2.45, 2.75) is 6.04 Å². The van der Waals surface area contributed by atoms with Crippen molar-refractivity contribution in [3.63, 3.8) is 0 Å². The molecule has 1 unspecified atom stereocenters. The standard InChI is InChI=1S/C6H2Br2N2O.C6H6N2O.C5H4O2.ClH.H2O2/c7-3-1-5(8)10-4(2-9)6(3)11;7-4-5(8)6-2-1-3-9-6;6-4-5-2-1-3-7-5;;1-2/h1,11H;1-3,5H,8H2;1-4H;1H;1-2H. The Morgan fingerprint density at radius 2 is 1.77 bits per heavy atom. The van der Waals surface area contributed by atoms with E-state index in [9.17, 15) is 4.79 Å². The van der Waals surface area contributed by atoms with E-state index in [0.717, 1.165) is 0 Å². The van der Waals surface area contributed by atoms with Gasteiger partial charge in [-0.3, -0.25) is 15.3 Å². The van der Waals surface area contributed by atoms with Crippen LogP contribution in [-0.4, -0.2) is 26.9 Å². The summed E-state index contributed by atoms with van der Waals surface area (Å²) in [6.07, 6.45) is 3.66. The van der Waals surface area contributed by atoms with E-state index >= 15 is 0 Å². The lowest BCUT2D eigenvalue weighted by atomic mass is 10.3. The zero-order valence-electron chi connectivity index (χ0n) is 14.9. The Morgan fingerprint density at radius 1 is 1.17 bits per heavy atom. The van der Waals surface area contributed by atoms with E-state index in [0.29, 0.717) is 26.9 Å². The Kier molecular flexibility index (Phi) is 16.9. The molecule has 3 aromatic heterocycles. The summed E-state index contributed by atoms with van der Waals surface area (Å²) in [5.41, 5.74) is 3.55. The van der Waals surface area contributed by atoms with Crippen LogP contribution in [0.2, 0.25) is 0 Å². The van der Waals surface area contributed by atoms with E-state index < -0.39 is 0 Å². The zero-order chi connectivity index (χ0) is 22.2. The first-order valence-electron chi connectivity index (χ1n) is 7.32. The number of nitriles is 2. The fraction of sp³-hybridized carbons (Fsp3) is 0.0588. The number of rotatable bonds is 2. The smallest absolute Gasteiger partial charge is 0.229 e. The molecule has 160 valence electrons. The summed E-state index contributed by atoms with van der Waals surface area (Å²) in [4.78, 5) is 13.5. The maximum Gasteiger partial charge on any atom is 0.229 e. The van der Waals surface area contributed by atoms with Crippen LogP contribution in [-0.2, 0) is 0 Å². The second-order valence-corrected chi connectivity index (χ2v) is 6.23. The lowest BCUT2D eigenvalue weighted by Crippen LogP contribution is -3.00. The normalized spacial score (nSPS) is 9.30. The summed E-state index contributed by atoms with van der Waals surface area (Å²) in [5, 5.41) is 38.0. The van der Waals surface area contributed by atoms with E-state index in [1.807, 2.05) is 6.07 Å². The maximum atomic E-state index is 9.77. The minimum Gasteiger partial charge on any atom is -1.00 e. The number of aromatic nitrogens is 1. The second-order valence-electron chi connectivity index (χ2n) is 4.57. The number of furan rings is 2. The molecule has 0 aliphatic rings. The lowest BCUT2D eigenvalue weighted by molar-refractivity contribution is -0.409. The van der Waals surface area contributed by atoms with Crippen LogP contribution < -0.4 is 18.1 Å². The number of carbonyl (C=O) groups is 1. The monoisotopic (exact) mass is 564 g/mol. The van der Waals surface area contributed by atoms with Crippen LogP contribution in [0.4, 0.5) is 0 Å². The molecule has 6 N–H and O–H groups in total. The van der Waals surface area contributed by atoms with Crippen molar-refractivity contribution in [2.24, 2.45) is 0 Å². The summed E-state index contributed by atoms with van der Waals surface area (Å²) in [6.45, 7) is 0. The zero-order valence-corrected chi connectivity index (χ0v) is 18.9. The molecule has 13 heteroatoms. The van der Waals surface area contributed by atoms with Gasteiger partial charge >= 0.3 is 0 Å². The number of halogens is 3. The summed E-state index contributed by atoms with van der Waals surface area (Å²) >= 11 is 6.15. The molecule has 0 saturated carbocycles. The van der Waals surface area contributed by atoms with E-state index in [-0.39, 0.29) is 29.9 Å². The van der Waals surface area contributed by atoms with Crippen molar-refractivity contribution in [3.05, 3.63) is 69.1 Å². The topological polar surface area (TPSA) is 192 Å². The number of quaternary nitrogens is 1. The molecular weight excluding hydrogens is 551 g/mol. The summed E-state index contributed by atoms with van der Waals surface area (Å²) < 4.78 is 10.5. The first-order valence-corrected chi connectivity index (χ1v) is 8.91. The fourth-order valence-electron chi connectivity index (χ4n) is 1.47. The number of hydrogen-bond acceptors (Lipinski definition) is 9. The number of aromatic hydroxyl groups is 1. The summed E-state index contributed by atoms with van der Waals surface area (Å²) in [7, 11) is 0. The van der Waals surface area contributed by atoms with Gasteiger partial charge in [-0.1, -0.05) is 0 Å². The predicted molar refractivity (Wildman–Crippen MR) is 105 cm³/mol. The molecule has 10 nitrogen and oxygen atoms in total. The summed E-state index contributed by atoms with van der Waals surface area (Å²) in [6, 6.07) is 11.7. The molecule has 30 heavy (non-hydrogen) atoms. The van der Waals surface area contributed by atoms with Crippen molar-refractivity contribution in [2.75, 3.05) is 0 Å². The van der Waals surface area contributed by atoms with E-state index in [4.69, 9.17) is 30.6 Å². The van der Waals surface area contributed by atoms with Crippen LogP contribution in [0.5, 0.6) is 5.75 Å². The van der Waals surface area contributed by atoms with Gasteiger partial charge in [-0.15, -0.1) is 0 Å². The Bertz CT molecular complexity index is 941. The van der Waals surface area contributed by atoms with Crippen LogP contribution in [0, 0.1) is 22.7 Å². The largest absolute Gasteiger partial charge is 1.00 e. The highest BCUT2D eigenvalue weighted by Gasteiger charge is 2.09. The molecule has 3 heterocycles. The van der Waals surface area contributed by atoms with Gasteiger partial charge in [0.15, 0.2) is 29.3 Å². The molecule has 3 rings (SSSR count). The number of hydrogen-bond donors (Lipinski definition) is 4. The van der Waals surface area contributed by atoms with Gasteiger partial charge in [0.2, 0.25) is 6.04 Å². The van der Waals surface area contributed by atoms with Gasteiger partial charge in [-0.05, 0) is 62.2 Å². The third-order valence-corrected chi connectivity index (χ3v) is 3.73. The average molecular weight is 567 g/mol. The van der Waals surface area contributed by atoms with Crippen LogP contribution in [0.25, 0.3) is 0 Å². The van der Waals surface area contributed by atoms with Crippen molar-refractivity contribution >= 4 is 38.1 Å². The van der Waals surface area contributed by atoms with Crippen molar-refractivity contribution in [1.82, 2.24) is 4.98 Å². The highest BCUT2D eigenvalue weighted by atomic mass is 79.9. The molecule has 0 radical (unpaired) electrons. The van der Waals surface area contributed by atoms with Crippen LogP contribution >= 0.6 is 31.9 Å². The Morgan fingerprint density at radius 3 is 2.17 bits per heavy atom. The van der Waals surface area contributed by atoms with Gasteiger partial charge in [-0.2, -0.15) is 10.5 Å². The van der Waals surface area contributed by atoms with Gasteiger partial charge in [0.05, 0.1) is 17.0 Å². The Labute approximate surface area is 193 Å². The fourth-order valence-corrected chi connectivity index (χ4v) is 2.59. The second kappa shape index (κ2) is 17.2. The van der Waals surface area contributed by atoms with Gasteiger partial charge in [-0.25, -0.2) is 4.98 Å².